The molecule has 0 amide bonds. The number of hydrogen-bond acceptors (Lipinski definition) is 4. The summed E-state index contributed by atoms with van der Waals surface area (Å²) in [6.07, 6.45) is 7.62. The van der Waals surface area contributed by atoms with Crippen LogP contribution in [0.5, 0.6) is 11.5 Å². The largest absolute Gasteiger partial charge is 0.496 e. The molecule has 0 atom stereocenters. The molecule has 162 valence electrons. The van der Waals surface area contributed by atoms with Crippen LogP contribution in [0.2, 0.25) is 0 Å². The molecule has 2 aromatic carbocycles. The lowest BCUT2D eigenvalue weighted by atomic mass is 9.48. The number of carbonyl (C=O) groups is 2. The molecule has 0 spiro atoms. The van der Waals surface area contributed by atoms with Crippen molar-refractivity contribution in [1.29, 1.82) is 0 Å². The third kappa shape index (κ3) is 3.50. The standard InChI is InChI=1S/C26H28O5/c1-15-7-19(24(27)28)3-5-22(15)31-25(29)20-4-6-23(30-2)21(11-20)26-12-16-8-17(13-26)10-18(9-16)14-26/h3-7,11,16-18H,8-10,12-14H2,1-2H3,(H,27,28). The monoisotopic (exact) mass is 420 g/mol. The molecule has 5 nitrogen and oxygen atoms in total. The highest BCUT2D eigenvalue weighted by Gasteiger charge is 2.52. The van der Waals surface area contributed by atoms with Crippen LogP contribution in [0.25, 0.3) is 0 Å². The van der Waals surface area contributed by atoms with Crippen molar-refractivity contribution in [3.63, 3.8) is 0 Å². The van der Waals surface area contributed by atoms with Gasteiger partial charge in [-0.1, -0.05) is 0 Å². The number of carboxylic acids is 1. The summed E-state index contributed by atoms with van der Waals surface area (Å²) in [6.45, 7) is 1.74. The van der Waals surface area contributed by atoms with Gasteiger partial charge >= 0.3 is 11.9 Å². The van der Waals surface area contributed by atoms with Crippen molar-refractivity contribution in [2.45, 2.75) is 50.9 Å². The number of carboxylic acid groups (broad SMARTS) is 1. The van der Waals surface area contributed by atoms with Crippen LogP contribution >= 0.6 is 0 Å². The van der Waals surface area contributed by atoms with Crippen molar-refractivity contribution in [1.82, 2.24) is 0 Å². The van der Waals surface area contributed by atoms with Crippen LogP contribution in [0.15, 0.2) is 36.4 Å². The Balaban J connectivity index is 1.45. The van der Waals surface area contributed by atoms with E-state index in [0.717, 1.165) is 29.1 Å². The first-order valence-corrected chi connectivity index (χ1v) is 11.1. The van der Waals surface area contributed by atoms with Gasteiger partial charge in [0.25, 0.3) is 0 Å². The summed E-state index contributed by atoms with van der Waals surface area (Å²) in [5, 5.41) is 9.14. The first-order chi connectivity index (χ1) is 14.9. The Morgan fingerprint density at radius 2 is 1.48 bits per heavy atom. The zero-order valence-corrected chi connectivity index (χ0v) is 18.0. The van der Waals surface area contributed by atoms with Gasteiger partial charge in [-0.2, -0.15) is 0 Å². The number of aryl methyl sites for hydroxylation is 1. The van der Waals surface area contributed by atoms with Gasteiger partial charge in [-0.3, -0.25) is 0 Å². The normalized spacial score (nSPS) is 28.4. The molecule has 2 aromatic rings. The van der Waals surface area contributed by atoms with E-state index >= 15 is 0 Å². The van der Waals surface area contributed by atoms with Crippen molar-refractivity contribution in [3.05, 3.63) is 58.7 Å². The van der Waals surface area contributed by atoms with Gasteiger partial charge in [0.05, 0.1) is 18.2 Å². The van der Waals surface area contributed by atoms with Gasteiger partial charge in [-0.25, -0.2) is 9.59 Å². The Kier molecular flexibility index (Phi) is 4.80. The van der Waals surface area contributed by atoms with Crippen LogP contribution in [-0.4, -0.2) is 24.2 Å². The predicted molar refractivity (Wildman–Crippen MR) is 116 cm³/mol. The fraction of sp³-hybridized carbons (Fsp3) is 0.462. The third-order valence-electron chi connectivity index (χ3n) is 7.67. The average Bonchev–Trinajstić information content (AvgIpc) is 2.73. The minimum atomic E-state index is -1.00. The highest BCUT2D eigenvalue weighted by molar-refractivity contribution is 5.92. The van der Waals surface area contributed by atoms with Gasteiger partial charge in [0.15, 0.2) is 0 Å². The van der Waals surface area contributed by atoms with Crippen molar-refractivity contribution in [3.8, 4) is 11.5 Å². The molecule has 0 saturated heterocycles. The summed E-state index contributed by atoms with van der Waals surface area (Å²) >= 11 is 0. The minimum Gasteiger partial charge on any atom is -0.496 e. The van der Waals surface area contributed by atoms with Crippen LogP contribution in [-0.2, 0) is 5.41 Å². The second-order valence-electron chi connectivity index (χ2n) is 9.79. The molecule has 4 saturated carbocycles. The van der Waals surface area contributed by atoms with Gasteiger partial charge in [0, 0.05) is 5.56 Å². The van der Waals surface area contributed by atoms with Crippen molar-refractivity contribution in [2.24, 2.45) is 17.8 Å². The average molecular weight is 421 g/mol. The number of aromatic carboxylic acids is 1. The minimum absolute atomic E-state index is 0.107. The van der Waals surface area contributed by atoms with Crippen molar-refractivity contribution < 1.29 is 24.2 Å². The molecule has 0 heterocycles. The first-order valence-electron chi connectivity index (χ1n) is 11.1. The molecule has 0 radical (unpaired) electrons. The van der Waals surface area contributed by atoms with E-state index in [2.05, 4.69) is 0 Å². The smallest absolute Gasteiger partial charge is 0.343 e. The Morgan fingerprint density at radius 3 is 2.03 bits per heavy atom. The fourth-order valence-corrected chi connectivity index (χ4v) is 6.75. The maximum atomic E-state index is 13.0. The maximum Gasteiger partial charge on any atom is 0.343 e. The molecule has 5 heteroatoms. The molecule has 4 aliphatic rings. The lowest BCUT2D eigenvalue weighted by Crippen LogP contribution is -2.48. The van der Waals surface area contributed by atoms with E-state index < -0.39 is 11.9 Å². The second-order valence-corrected chi connectivity index (χ2v) is 9.79. The molecular weight excluding hydrogens is 392 g/mol. The number of ether oxygens (including phenoxy) is 2. The molecule has 6 rings (SSSR count). The number of rotatable bonds is 5. The Labute approximate surface area is 182 Å². The molecule has 31 heavy (non-hydrogen) atoms. The summed E-state index contributed by atoms with van der Waals surface area (Å²) < 4.78 is 11.4. The van der Waals surface area contributed by atoms with Gasteiger partial charge in [0.1, 0.15) is 11.5 Å². The number of hydrogen-bond donors (Lipinski definition) is 1. The van der Waals surface area contributed by atoms with Crippen LogP contribution in [0, 0.1) is 24.7 Å². The second kappa shape index (κ2) is 7.40. The van der Waals surface area contributed by atoms with Gasteiger partial charge in [-0.15, -0.1) is 0 Å². The zero-order chi connectivity index (χ0) is 21.8. The number of methoxy groups -OCH3 is 1. The molecule has 4 aliphatic carbocycles. The summed E-state index contributed by atoms with van der Waals surface area (Å²) in [7, 11) is 1.70. The molecule has 4 fully saturated rings. The van der Waals surface area contributed by atoms with E-state index in [0.29, 0.717) is 16.9 Å². The quantitative estimate of drug-likeness (QED) is 0.519. The van der Waals surface area contributed by atoms with E-state index in [4.69, 9.17) is 14.6 Å². The third-order valence-corrected chi connectivity index (χ3v) is 7.67. The predicted octanol–water partition coefficient (Wildman–Crippen LogP) is 5.39. The molecule has 0 aliphatic heterocycles. The van der Waals surface area contributed by atoms with Gasteiger partial charge in [-0.05, 0) is 111 Å². The molecule has 4 bridgehead atoms. The van der Waals surface area contributed by atoms with Crippen LogP contribution in [0.4, 0.5) is 0 Å². The maximum absolute atomic E-state index is 13.0. The van der Waals surface area contributed by atoms with E-state index in [-0.39, 0.29) is 11.0 Å². The summed E-state index contributed by atoms with van der Waals surface area (Å²) in [6, 6.07) is 10.1. The SMILES string of the molecule is COc1ccc(C(=O)Oc2ccc(C(=O)O)cc2C)cc1C12CC3CC(CC(C3)C1)C2. The topological polar surface area (TPSA) is 72.8 Å². The Hall–Kier alpha value is -2.82. The lowest BCUT2D eigenvalue weighted by Gasteiger charge is -2.57. The number of carbonyl (C=O) groups excluding carboxylic acids is 1. The Bertz CT molecular complexity index is 1020. The highest BCUT2D eigenvalue weighted by atomic mass is 16.5. The van der Waals surface area contributed by atoms with Crippen LogP contribution < -0.4 is 9.47 Å². The summed E-state index contributed by atoms with van der Waals surface area (Å²) in [4.78, 5) is 24.1. The number of benzene rings is 2. The molecule has 0 aromatic heterocycles. The Morgan fingerprint density at radius 1 is 0.903 bits per heavy atom. The lowest BCUT2D eigenvalue weighted by molar-refractivity contribution is -0.00618. The van der Waals surface area contributed by atoms with Gasteiger partial charge in [0.2, 0.25) is 0 Å². The molecule has 0 unspecified atom stereocenters. The van der Waals surface area contributed by atoms with E-state index in [1.807, 2.05) is 12.1 Å². The summed E-state index contributed by atoms with van der Waals surface area (Å²) in [5.74, 6) is 2.18. The van der Waals surface area contributed by atoms with Crippen LogP contribution in [0.3, 0.4) is 0 Å². The first kappa shape index (κ1) is 20.1. The number of esters is 1. The van der Waals surface area contributed by atoms with Crippen molar-refractivity contribution >= 4 is 11.9 Å². The van der Waals surface area contributed by atoms with Crippen molar-refractivity contribution in [2.75, 3.05) is 7.11 Å². The van der Waals surface area contributed by atoms with Crippen LogP contribution in [0.1, 0.15) is 70.4 Å². The van der Waals surface area contributed by atoms with E-state index in [1.54, 1.807) is 26.2 Å². The molecule has 1 N–H and O–H groups in total. The summed E-state index contributed by atoms with van der Waals surface area (Å²) in [5.41, 5.74) is 2.55. The molecular formula is C26H28O5. The highest BCUT2D eigenvalue weighted by Crippen LogP contribution is 2.61. The van der Waals surface area contributed by atoms with E-state index in [1.165, 1.54) is 50.7 Å². The van der Waals surface area contributed by atoms with Gasteiger partial charge < -0.3 is 14.6 Å². The van der Waals surface area contributed by atoms with E-state index in [9.17, 15) is 9.59 Å². The fourth-order valence-electron chi connectivity index (χ4n) is 6.75. The zero-order valence-electron chi connectivity index (χ0n) is 18.0.